The van der Waals surface area contributed by atoms with Crippen LogP contribution in [0.2, 0.25) is 5.02 Å². The smallest absolute Gasteiger partial charge is 0.270 e. The Morgan fingerprint density at radius 3 is 2.95 bits per heavy atom. The largest absolute Gasteiger partial charge is 0.339 e. The minimum atomic E-state index is 0.0901. The molecule has 5 heteroatoms. The highest BCUT2D eigenvalue weighted by Crippen LogP contribution is 2.24. The summed E-state index contributed by atoms with van der Waals surface area (Å²) in [5.41, 5.74) is 6.33. The third-order valence-corrected chi connectivity index (χ3v) is 4.18. The van der Waals surface area contributed by atoms with E-state index in [0.29, 0.717) is 23.2 Å². The number of rotatable bonds is 4. The maximum atomic E-state index is 12.7. The lowest BCUT2D eigenvalue weighted by atomic mass is 9.94. The van der Waals surface area contributed by atoms with Crippen molar-refractivity contribution in [2.24, 2.45) is 11.7 Å². The molecule has 0 bridgehead atoms. The number of carbonyl (C=O) groups excluding carboxylic acids is 1. The molecular weight excluding hydrogens is 274 g/mol. The van der Waals surface area contributed by atoms with E-state index in [2.05, 4.69) is 13.8 Å². The van der Waals surface area contributed by atoms with Crippen molar-refractivity contribution < 1.29 is 4.79 Å². The highest BCUT2D eigenvalue weighted by atomic mass is 35.5. The van der Waals surface area contributed by atoms with Crippen LogP contribution in [0.5, 0.6) is 0 Å². The van der Waals surface area contributed by atoms with Crippen molar-refractivity contribution in [1.29, 1.82) is 0 Å². The fourth-order valence-corrected chi connectivity index (χ4v) is 3.14. The fraction of sp³-hybridized carbons (Fsp3) is 0.667. The number of amides is 1. The summed E-state index contributed by atoms with van der Waals surface area (Å²) in [6.07, 6.45) is 5.07. The van der Waals surface area contributed by atoms with E-state index in [1.165, 1.54) is 6.42 Å². The molecule has 1 saturated heterocycles. The fourth-order valence-electron chi connectivity index (χ4n) is 2.93. The predicted octanol–water partition coefficient (Wildman–Crippen LogP) is 2.92. The lowest BCUT2D eigenvalue weighted by Crippen LogP contribution is -2.41. The summed E-state index contributed by atoms with van der Waals surface area (Å²) in [5, 5.41) is 0.623. The molecular formula is C15H24ClN3O. The van der Waals surface area contributed by atoms with Gasteiger partial charge in [0.15, 0.2) is 0 Å². The molecule has 20 heavy (non-hydrogen) atoms. The molecule has 0 aliphatic carbocycles. The van der Waals surface area contributed by atoms with Crippen molar-refractivity contribution in [3.05, 3.63) is 23.0 Å². The van der Waals surface area contributed by atoms with E-state index in [4.69, 9.17) is 17.3 Å². The van der Waals surface area contributed by atoms with Crippen LogP contribution in [0.4, 0.5) is 0 Å². The molecule has 1 aliphatic heterocycles. The molecule has 112 valence electrons. The van der Waals surface area contributed by atoms with Gasteiger partial charge in [0.25, 0.3) is 5.91 Å². The summed E-state index contributed by atoms with van der Waals surface area (Å²) in [5.74, 6) is 0.628. The molecule has 1 aromatic rings. The predicted molar refractivity (Wildman–Crippen MR) is 82.1 cm³/mol. The van der Waals surface area contributed by atoms with Crippen LogP contribution in [-0.2, 0) is 0 Å². The van der Waals surface area contributed by atoms with Gasteiger partial charge in [0.1, 0.15) is 5.69 Å². The van der Waals surface area contributed by atoms with E-state index in [0.717, 1.165) is 25.9 Å². The Hall–Kier alpha value is -1.00. The molecule has 2 N–H and O–H groups in total. The van der Waals surface area contributed by atoms with Gasteiger partial charge in [-0.2, -0.15) is 0 Å². The van der Waals surface area contributed by atoms with Gasteiger partial charge in [0.2, 0.25) is 0 Å². The second-order valence-corrected chi connectivity index (χ2v) is 6.32. The van der Waals surface area contributed by atoms with Crippen LogP contribution in [0.3, 0.4) is 0 Å². The van der Waals surface area contributed by atoms with Crippen molar-refractivity contribution in [2.45, 2.75) is 39.2 Å². The van der Waals surface area contributed by atoms with Crippen LogP contribution in [0, 0.1) is 5.92 Å². The number of likely N-dealkylation sites (tertiary alicyclic amines) is 1. The van der Waals surface area contributed by atoms with Crippen molar-refractivity contribution in [3.8, 4) is 0 Å². The first-order valence-electron chi connectivity index (χ1n) is 7.39. The molecule has 1 atom stereocenters. The van der Waals surface area contributed by atoms with Crippen LogP contribution in [0.15, 0.2) is 12.3 Å². The van der Waals surface area contributed by atoms with Crippen LogP contribution in [-0.4, -0.2) is 35.0 Å². The summed E-state index contributed by atoms with van der Waals surface area (Å²) < 4.78 is 1.96. The van der Waals surface area contributed by atoms with E-state index in [9.17, 15) is 4.79 Å². The number of hydrogen-bond donors (Lipinski definition) is 1. The maximum Gasteiger partial charge on any atom is 0.270 e. The topological polar surface area (TPSA) is 51.3 Å². The minimum Gasteiger partial charge on any atom is -0.339 e. The zero-order valence-corrected chi connectivity index (χ0v) is 13.1. The van der Waals surface area contributed by atoms with Crippen molar-refractivity contribution in [1.82, 2.24) is 9.47 Å². The number of piperidine rings is 1. The van der Waals surface area contributed by atoms with Gasteiger partial charge in [0, 0.05) is 25.3 Å². The van der Waals surface area contributed by atoms with E-state index < -0.39 is 0 Å². The molecule has 1 fully saturated rings. The van der Waals surface area contributed by atoms with Crippen LogP contribution < -0.4 is 5.73 Å². The molecule has 4 nitrogen and oxygen atoms in total. The lowest BCUT2D eigenvalue weighted by molar-refractivity contribution is 0.0657. The average Bonchev–Trinajstić information content (AvgIpc) is 2.81. The molecule has 0 aromatic carbocycles. The highest BCUT2D eigenvalue weighted by Gasteiger charge is 2.26. The molecule has 0 saturated carbocycles. The number of carbonyl (C=O) groups is 1. The van der Waals surface area contributed by atoms with Gasteiger partial charge in [0.05, 0.1) is 5.02 Å². The Morgan fingerprint density at radius 1 is 1.55 bits per heavy atom. The maximum absolute atomic E-state index is 12.7. The average molecular weight is 298 g/mol. The quantitative estimate of drug-likeness (QED) is 0.929. The minimum absolute atomic E-state index is 0.0901. The normalized spacial score (nSPS) is 19.6. The zero-order valence-electron chi connectivity index (χ0n) is 12.3. The van der Waals surface area contributed by atoms with Gasteiger partial charge in [-0.1, -0.05) is 11.6 Å². The Labute approximate surface area is 125 Å². The van der Waals surface area contributed by atoms with Gasteiger partial charge < -0.3 is 15.2 Å². The molecule has 1 aliphatic rings. The first kappa shape index (κ1) is 15.4. The van der Waals surface area contributed by atoms with E-state index in [1.807, 2.05) is 15.7 Å². The number of nitrogens with two attached hydrogens (primary N) is 1. The van der Waals surface area contributed by atoms with Crippen LogP contribution in [0.1, 0.15) is 49.6 Å². The molecule has 2 heterocycles. The summed E-state index contributed by atoms with van der Waals surface area (Å²) in [4.78, 5) is 14.7. The monoisotopic (exact) mass is 297 g/mol. The Kier molecular flexibility index (Phi) is 5.11. The Balaban J connectivity index is 2.14. The SMILES string of the molecule is CC(C)n1cc(Cl)cc1C(=O)N1CCCC(CCN)C1. The van der Waals surface area contributed by atoms with Gasteiger partial charge in [-0.05, 0) is 51.6 Å². The molecule has 0 spiro atoms. The van der Waals surface area contributed by atoms with Crippen molar-refractivity contribution >= 4 is 17.5 Å². The summed E-state index contributed by atoms with van der Waals surface area (Å²) in [7, 11) is 0. The second kappa shape index (κ2) is 6.64. The second-order valence-electron chi connectivity index (χ2n) is 5.88. The van der Waals surface area contributed by atoms with Crippen LogP contribution >= 0.6 is 11.6 Å². The third-order valence-electron chi connectivity index (χ3n) is 3.97. The summed E-state index contributed by atoms with van der Waals surface area (Å²) in [6.45, 7) is 6.46. The lowest BCUT2D eigenvalue weighted by Gasteiger charge is -2.33. The van der Waals surface area contributed by atoms with Crippen molar-refractivity contribution in [3.63, 3.8) is 0 Å². The van der Waals surface area contributed by atoms with Gasteiger partial charge >= 0.3 is 0 Å². The number of nitrogens with zero attached hydrogens (tertiary/aromatic N) is 2. The van der Waals surface area contributed by atoms with E-state index >= 15 is 0 Å². The van der Waals surface area contributed by atoms with Gasteiger partial charge in [-0.3, -0.25) is 4.79 Å². The van der Waals surface area contributed by atoms with E-state index in [1.54, 1.807) is 6.07 Å². The Morgan fingerprint density at radius 2 is 2.30 bits per heavy atom. The van der Waals surface area contributed by atoms with Crippen LogP contribution in [0.25, 0.3) is 0 Å². The summed E-state index contributed by atoms with van der Waals surface area (Å²) in [6, 6.07) is 2.00. The Bertz CT molecular complexity index is 468. The van der Waals surface area contributed by atoms with Crippen molar-refractivity contribution in [2.75, 3.05) is 19.6 Å². The number of halogens is 1. The molecule has 1 amide bonds. The van der Waals surface area contributed by atoms with Gasteiger partial charge in [-0.15, -0.1) is 0 Å². The summed E-state index contributed by atoms with van der Waals surface area (Å²) >= 11 is 6.06. The molecule has 2 rings (SSSR count). The van der Waals surface area contributed by atoms with Gasteiger partial charge in [-0.25, -0.2) is 0 Å². The third kappa shape index (κ3) is 3.36. The highest BCUT2D eigenvalue weighted by molar-refractivity contribution is 6.31. The molecule has 1 aromatic heterocycles. The number of aromatic nitrogens is 1. The first-order chi connectivity index (χ1) is 9.52. The first-order valence-corrected chi connectivity index (χ1v) is 7.77. The molecule has 1 unspecified atom stereocenters. The standard InChI is InChI=1S/C15H24ClN3O/c1-11(2)19-10-13(16)8-14(19)15(20)18-7-3-4-12(9-18)5-6-17/h8,10-12H,3-7,9,17H2,1-2H3. The van der Waals surface area contributed by atoms with E-state index in [-0.39, 0.29) is 11.9 Å². The number of hydrogen-bond acceptors (Lipinski definition) is 2. The molecule has 0 radical (unpaired) electrons. The zero-order chi connectivity index (χ0) is 14.7.